The maximum atomic E-state index is 14.8. The Balaban J connectivity index is 1.51. The standard InChI is InChI=1S/C23H21FN6O/c24-17-10-15(11-18-21(17)31-8-7-26-18)20-19-22(25)27-12-28-23(19)30(29-20)16-6-5-13-3-1-2-4-14(13)9-16/h1-4,10-12,16,26H,5-9H2,(H2,25,27,28). The lowest BCUT2D eigenvalue weighted by atomic mass is 9.88. The quantitative estimate of drug-likeness (QED) is 0.517. The van der Waals surface area contributed by atoms with E-state index in [-0.39, 0.29) is 11.8 Å². The molecule has 1 unspecified atom stereocenters. The summed E-state index contributed by atoms with van der Waals surface area (Å²) in [6.07, 6.45) is 4.25. The van der Waals surface area contributed by atoms with E-state index in [0.717, 1.165) is 19.3 Å². The Kier molecular flexibility index (Phi) is 4.05. The fraction of sp³-hybridized carbons (Fsp3) is 0.261. The van der Waals surface area contributed by atoms with Gasteiger partial charge in [0.1, 0.15) is 24.4 Å². The number of aryl methyl sites for hydroxylation is 1. The van der Waals surface area contributed by atoms with E-state index in [4.69, 9.17) is 15.6 Å². The fourth-order valence-electron chi connectivity index (χ4n) is 4.69. The van der Waals surface area contributed by atoms with Gasteiger partial charge < -0.3 is 15.8 Å². The maximum absolute atomic E-state index is 14.8. The molecule has 8 heteroatoms. The van der Waals surface area contributed by atoms with Crippen LogP contribution in [0.2, 0.25) is 0 Å². The molecule has 0 spiro atoms. The second-order valence-electron chi connectivity index (χ2n) is 8.03. The zero-order valence-electron chi connectivity index (χ0n) is 16.8. The number of aromatic nitrogens is 4. The van der Waals surface area contributed by atoms with Crippen molar-refractivity contribution < 1.29 is 9.13 Å². The Morgan fingerprint density at radius 1 is 1.16 bits per heavy atom. The molecule has 0 bridgehead atoms. The third kappa shape index (κ3) is 2.90. The molecule has 1 atom stereocenters. The Morgan fingerprint density at radius 3 is 2.94 bits per heavy atom. The number of halogens is 1. The van der Waals surface area contributed by atoms with Crippen LogP contribution in [0.1, 0.15) is 23.6 Å². The molecule has 0 radical (unpaired) electrons. The van der Waals surface area contributed by atoms with Crippen molar-refractivity contribution in [1.29, 1.82) is 0 Å². The minimum atomic E-state index is -0.426. The Hall–Kier alpha value is -3.68. The molecule has 4 aromatic rings. The highest BCUT2D eigenvalue weighted by Gasteiger charge is 2.27. The first kappa shape index (κ1) is 18.1. The van der Waals surface area contributed by atoms with Crippen LogP contribution in [0.3, 0.4) is 0 Å². The second kappa shape index (κ2) is 6.94. The van der Waals surface area contributed by atoms with Crippen molar-refractivity contribution in [3.8, 4) is 17.0 Å². The first-order chi connectivity index (χ1) is 15.2. The molecule has 6 rings (SSSR count). The summed E-state index contributed by atoms with van der Waals surface area (Å²) in [6.45, 7) is 1.06. The van der Waals surface area contributed by atoms with E-state index in [1.54, 1.807) is 0 Å². The molecule has 0 saturated heterocycles. The Morgan fingerprint density at radius 2 is 2.03 bits per heavy atom. The number of ether oxygens (including phenoxy) is 1. The van der Waals surface area contributed by atoms with E-state index in [2.05, 4.69) is 39.6 Å². The van der Waals surface area contributed by atoms with Gasteiger partial charge >= 0.3 is 0 Å². The smallest absolute Gasteiger partial charge is 0.178 e. The average molecular weight is 416 g/mol. The SMILES string of the molecule is Nc1ncnc2c1c(-c1cc(F)c3c(c1)NCCO3)nn2C1CCc2ccccc2C1. The molecule has 1 aliphatic carbocycles. The normalized spacial score (nSPS) is 17.5. The summed E-state index contributed by atoms with van der Waals surface area (Å²) in [5.41, 5.74) is 11.5. The fourth-order valence-corrected chi connectivity index (χ4v) is 4.69. The van der Waals surface area contributed by atoms with Crippen molar-refractivity contribution in [3.63, 3.8) is 0 Å². The van der Waals surface area contributed by atoms with Gasteiger partial charge in [0.2, 0.25) is 0 Å². The van der Waals surface area contributed by atoms with Gasteiger partial charge in [-0.2, -0.15) is 5.10 Å². The van der Waals surface area contributed by atoms with E-state index in [0.29, 0.717) is 46.9 Å². The molecule has 156 valence electrons. The number of nitrogens with one attached hydrogen (secondary N) is 1. The van der Waals surface area contributed by atoms with Gasteiger partial charge in [-0.05, 0) is 42.5 Å². The van der Waals surface area contributed by atoms with Crippen LogP contribution in [0.25, 0.3) is 22.3 Å². The largest absolute Gasteiger partial charge is 0.486 e. The van der Waals surface area contributed by atoms with Gasteiger partial charge in [-0.25, -0.2) is 19.0 Å². The van der Waals surface area contributed by atoms with E-state index in [9.17, 15) is 4.39 Å². The lowest BCUT2D eigenvalue weighted by molar-refractivity contribution is 0.306. The summed E-state index contributed by atoms with van der Waals surface area (Å²) in [4.78, 5) is 8.68. The number of fused-ring (bicyclic) bond motifs is 3. The number of anilines is 2. The number of benzene rings is 2. The summed E-state index contributed by atoms with van der Waals surface area (Å²) >= 11 is 0. The summed E-state index contributed by atoms with van der Waals surface area (Å²) in [7, 11) is 0. The summed E-state index contributed by atoms with van der Waals surface area (Å²) in [5, 5.41) is 8.75. The van der Waals surface area contributed by atoms with Crippen molar-refractivity contribution in [3.05, 3.63) is 59.7 Å². The molecular weight excluding hydrogens is 395 g/mol. The van der Waals surface area contributed by atoms with Gasteiger partial charge in [-0.1, -0.05) is 24.3 Å². The van der Waals surface area contributed by atoms with Crippen molar-refractivity contribution in [2.45, 2.75) is 25.3 Å². The zero-order chi connectivity index (χ0) is 20.9. The van der Waals surface area contributed by atoms with E-state index in [1.165, 1.54) is 23.5 Å². The number of hydrogen-bond donors (Lipinski definition) is 2. The molecule has 0 amide bonds. The highest BCUT2D eigenvalue weighted by molar-refractivity contribution is 5.99. The Bertz CT molecular complexity index is 1320. The number of nitrogen functional groups attached to an aromatic ring is 1. The van der Waals surface area contributed by atoms with E-state index in [1.807, 2.05) is 10.7 Å². The summed E-state index contributed by atoms with van der Waals surface area (Å²) in [6, 6.07) is 11.9. The van der Waals surface area contributed by atoms with Crippen molar-refractivity contribution in [2.75, 3.05) is 24.2 Å². The van der Waals surface area contributed by atoms with Crippen LogP contribution in [0.4, 0.5) is 15.9 Å². The summed E-state index contributed by atoms with van der Waals surface area (Å²) in [5.74, 6) is 0.154. The monoisotopic (exact) mass is 416 g/mol. The molecule has 2 aromatic carbocycles. The molecule has 1 aliphatic heterocycles. The summed E-state index contributed by atoms with van der Waals surface area (Å²) < 4.78 is 22.2. The molecule has 2 aliphatic rings. The molecule has 31 heavy (non-hydrogen) atoms. The third-order valence-corrected chi connectivity index (χ3v) is 6.17. The van der Waals surface area contributed by atoms with Gasteiger partial charge in [-0.3, -0.25) is 0 Å². The molecule has 3 heterocycles. The highest BCUT2D eigenvalue weighted by atomic mass is 19.1. The Labute approximate surface area is 178 Å². The molecule has 2 aromatic heterocycles. The highest BCUT2D eigenvalue weighted by Crippen LogP contribution is 2.39. The number of rotatable bonds is 2. The lowest BCUT2D eigenvalue weighted by Gasteiger charge is -2.25. The minimum absolute atomic E-state index is 0.143. The van der Waals surface area contributed by atoms with Crippen LogP contribution in [0.5, 0.6) is 5.75 Å². The molecule has 3 N–H and O–H groups in total. The molecule has 0 fully saturated rings. The van der Waals surface area contributed by atoms with Crippen molar-refractivity contribution in [2.24, 2.45) is 0 Å². The molecule has 0 saturated carbocycles. The first-order valence-electron chi connectivity index (χ1n) is 10.4. The van der Waals surface area contributed by atoms with Crippen molar-refractivity contribution in [1.82, 2.24) is 19.7 Å². The number of nitrogens with zero attached hydrogens (tertiary/aromatic N) is 4. The van der Waals surface area contributed by atoms with Gasteiger partial charge in [-0.15, -0.1) is 0 Å². The van der Waals surface area contributed by atoms with Crippen LogP contribution >= 0.6 is 0 Å². The second-order valence-corrected chi connectivity index (χ2v) is 8.03. The average Bonchev–Trinajstić information content (AvgIpc) is 3.20. The van der Waals surface area contributed by atoms with Gasteiger partial charge in [0, 0.05) is 12.1 Å². The predicted octanol–water partition coefficient (Wildman–Crippen LogP) is 3.75. The number of nitrogens with two attached hydrogens (primary N) is 1. The van der Waals surface area contributed by atoms with Crippen molar-refractivity contribution >= 4 is 22.5 Å². The van der Waals surface area contributed by atoms with E-state index < -0.39 is 5.82 Å². The first-order valence-corrected chi connectivity index (χ1v) is 10.4. The molecule has 7 nitrogen and oxygen atoms in total. The van der Waals surface area contributed by atoms with Crippen LogP contribution in [0, 0.1) is 5.82 Å². The topological polar surface area (TPSA) is 90.9 Å². The van der Waals surface area contributed by atoms with Crippen LogP contribution in [-0.2, 0) is 12.8 Å². The van der Waals surface area contributed by atoms with Gasteiger partial charge in [0.25, 0.3) is 0 Å². The lowest BCUT2D eigenvalue weighted by Crippen LogP contribution is -2.20. The zero-order valence-corrected chi connectivity index (χ0v) is 16.8. The van der Waals surface area contributed by atoms with Gasteiger partial charge in [0.05, 0.1) is 17.1 Å². The molecular formula is C23H21FN6O. The predicted molar refractivity (Wildman–Crippen MR) is 117 cm³/mol. The minimum Gasteiger partial charge on any atom is -0.486 e. The van der Waals surface area contributed by atoms with Gasteiger partial charge in [0.15, 0.2) is 17.2 Å². The van der Waals surface area contributed by atoms with Crippen LogP contribution in [-0.4, -0.2) is 32.9 Å². The van der Waals surface area contributed by atoms with Crippen LogP contribution < -0.4 is 15.8 Å². The maximum Gasteiger partial charge on any atom is 0.178 e. The van der Waals surface area contributed by atoms with Crippen LogP contribution in [0.15, 0.2) is 42.7 Å². The third-order valence-electron chi connectivity index (χ3n) is 6.17. The number of hydrogen-bond acceptors (Lipinski definition) is 6. The van der Waals surface area contributed by atoms with E-state index >= 15 is 0 Å².